The Balaban J connectivity index is 2.15. The molecule has 1 amide bonds. The van der Waals surface area contributed by atoms with Crippen molar-refractivity contribution in [2.45, 2.75) is 0 Å². The number of para-hydroxylation sites is 1. The number of phenols is 1. The molecule has 0 aliphatic heterocycles. The summed E-state index contributed by atoms with van der Waals surface area (Å²) < 4.78 is 0. The molecular formula is C14H10N4O6. The Hall–Kier alpha value is -3.82. The van der Waals surface area contributed by atoms with Crippen molar-refractivity contribution < 1.29 is 19.7 Å². The number of nitrogens with zero attached hydrogens (tertiary/aromatic N) is 3. The van der Waals surface area contributed by atoms with E-state index in [0.29, 0.717) is 0 Å². The van der Waals surface area contributed by atoms with Crippen LogP contribution in [0, 0.1) is 20.2 Å². The number of hydrogen-bond donors (Lipinski definition) is 2. The molecule has 0 saturated heterocycles. The van der Waals surface area contributed by atoms with Crippen molar-refractivity contribution in [2.24, 2.45) is 5.10 Å². The molecule has 0 heterocycles. The van der Waals surface area contributed by atoms with Crippen molar-refractivity contribution in [1.29, 1.82) is 0 Å². The van der Waals surface area contributed by atoms with Gasteiger partial charge in [-0.25, -0.2) is 5.43 Å². The summed E-state index contributed by atoms with van der Waals surface area (Å²) in [5.74, 6) is -1.30. The second-order valence-electron chi connectivity index (χ2n) is 4.48. The summed E-state index contributed by atoms with van der Waals surface area (Å²) in [7, 11) is 0. The maximum absolute atomic E-state index is 11.9. The normalized spacial score (nSPS) is 10.5. The number of aromatic hydroxyl groups is 1. The second-order valence-corrected chi connectivity index (χ2v) is 4.48. The Bertz CT molecular complexity index is 849. The largest absolute Gasteiger partial charge is 0.502 e. The minimum Gasteiger partial charge on any atom is -0.502 e. The Morgan fingerprint density at radius 3 is 2.42 bits per heavy atom. The van der Waals surface area contributed by atoms with Gasteiger partial charge in [0.25, 0.3) is 11.6 Å². The van der Waals surface area contributed by atoms with Crippen LogP contribution in [-0.4, -0.2) is 27.1 Å². The van der Waals surface area contributed by atoms with Gasteiger partial charge in [0.2, 0.25) is 0 Å². The van der Waals surface area contributed by atoms with E-state index in [-0.39, 0.29) is 16.8 Å². The summed E-state index contributed by atoms with van der Waals surface area (Å²) in [6.07, 6.45) is 1.11. The lowest BCUT2D eigenvalue weighted by molar-refractivity contribution is -0.385. The average molecular weight is 330 g/mol. The number of nitro groups is 2. The van der Waals surface area contributed by atoms with Gasteiger partial charge >= 0.3 is 5.69 Å². The summed E-state index contributed by atoms with van der Waals surface area (Å²) in [4.78, 5) is 32.0. The SMILES string of the molecule is O=C(N/N=C\c1ccc(O)c([N+](=O)[O-])c1)c1ccccc1[N+](=O)[O-]. The second kappa shape index (κ2) is 6.96. The molecule has 0 atom stereocenters. The zero-order valence-electron chi connectivity index (χ0n) is 11.9. The lowest BCUT2D eigenvalue weighted by Gasteiger charge is -2.01. The molecule has 0 aliphatic rings. The summed E-state index contributed by atoms with van der Waals surface area (Å²) in [5.41, 5.74) is 1.30. The van der Waals surface area contributed by atoms with Crippen LogP contribution >= 0.6 is 0 Å². The summed E-state index contributed by atoms with van der Waals surface area (Å²) >= 11 is 0. The first-order valence-electron chi connectivity index (χ1n) is 6.44. The number of carbonyl (C=O) groups is 1. The van der Waals surface area contributed by atoms with Crippen LogP contribution in [0.5, 0.6) is 5.75 Å². The van der Waals surface area contributed by atoms with E-state index in [1.807, 2.05) is 0 Å². The third kappa shape index (κ3) is 3.68. The topological polar surface area (TPSA) is 148 Å². The summed E-state index contributed by atoms with van der Waals surface area (Å²) in [6.45, 7) is 0. The zero-order chi connectivity index (χ0) is 17.7. The highest BCUT2D eigenvalue weighted by Crippen LogP contribution is 2.25. The molecule has 0 aromatic heterocycles. The molecule has 0 saturated carbocycles. The number of benzene rings is 2. The van der Waals surface area contributed by atoms with Crippen molar-refractivity contribution in [1.82, 2.24) is 5.43 Å². The molecule has 0 bridgehead atoms. The van der Waals surface area contributed by atoms with Gasteiger partial charge in [0.15, 0.2) is 5.75 Å². The monoisotopic (exact) mass is 330 g/mol. The highest BCUT2D eigenvalue weighted by atomic mass is 16.6. The molecule has 122 valence electrons. The van der Waals surface area contributed by atoms with Gasteiger partial charge in [-0.3, -0.25) is 25.0 Å². The van der Waals surface area contributed by atoms with Crippen molar-refractivity contribution >= 4 is 23.5 Å². The van der Waals surface area contributed by atoms with Crippen LogP contribution in [0.2, 0.25) is 0 Å². The van der Waals surface area contributed by atoms with Crippen molar-refractivity contribution in [3.63, 3.8) is 0 Å². The van der Waals surface area contributed by atoms with E-state index < -0.39 is 27.2 Å². The number of nitrogens with one attached hydrogen (secondary N) is 1. The lowest BCUT2D eigenvalue weighted by atomic mass is 10.2. The van der Waals surface area contributed by atoms with Gasteiger partial charge in [-0.1, -0.05) is 12.1 Å². The van der Waals surface area contributed by atoms with Crippen LogP contribution in [0.4, 0.5) is 11.4 Å². The third-order valence-corrected chi connectivity index (χ3v) is 2.92. The Morgan fingerprint density at radius 1 is 1.08 bits per heavy atom. The highest BCUT2D eigenvalue weighted by molar-refractivity contribution is 5.98. The predicted molar refractivity (Wildman–Crippen MR) is 82.9 cm³/mol. The number of hydrogen-bond acceptors (Lipinski definition) is 7. The summed E-state index contributed by atoms with van der Waals surface area (Å²) in [6, 6.07) is 8.88. The Morgan fingerprint density at radius 2 is 1.75 bits per heavy atom. The maximum Gasteiger partial charge on any atom is 0.311 e. The van der Waals surface area contributed by atoms with E-state index in [4.69, 9.17) is 0 Å². The molecule has 24 heavy (non-hydrogen) atoms. The van der Waals surface area contributed by atoms with Crippen LogP contribution in [0.25, 0.3) is 0 Å². The molecule has 10 nitrogen and oxygen atoms in total. The van der Waals surface area contributed by atoms with Crippen LogP contribution in [0.1, 0.15) is 15.9 Å². The fraction of sp³-hybridized carbons (Fsp3) is 0. The number of carbonyl (C=O) groups excluding carboxylic acids is 1. The van der Waals surface area contributed by atoms with E-state index in [0.717, 1.165) is 18.3 Å². The highest BCUT2D eigenvalue weighted by Gasteiger charge is 2.18. The first-order valence-corrected chi connectivity index (χ1v) is 6.44. The number of amides is 1. The predicted octanol–water partition coefficient (Wildman–Crippen LogP) is 1.97. The molecule has 0 spiro atoms. The Labute approximate surface area is 134 Å². The minimum atomic E-state index is -0.799. The lowest BCUT2D eigenvalue weighted by Crippen LogP contribution is -2.18. The van der Waals surface area contributed by atoms with E-state index in [1.54, 1.807) is 0 Å². The third-order valence-electron chi connectivity index (χ3n) is 2.92. The number of nitro benzene ring substituents is 2. The zero-order valence-corrected chi connectivity index (χ0v) is 11.9. The van der Waals surface area contributed by atoms with Gasteiger partial charge in [0.1, 0.15) is 5.56 Å². The quantitative estimate of drug-likeness (QED) is 0.486. The number of rotatable bonds is 5. The first kappa shape index (κ1) is 16.5. The van der Waals surface area contributed by atoms with Gasteiger partial charge in [-0.2, -0.15) is 5.10 Å². The maximum atomic E-state index is 11.9. The van der Waals surface area contributed by atoms with E-state index in [2.05, 4.69) is 10.5 Å². The molecule has 0 fully saturated rings. The molecular weight excluding hydrogens is 320 g/mol. The van der Waals surface area contributed by atoms with Gasteiger partial charge in [0.05, 0.1) is 16.1 Å². The first-order chi connectivity index (χ1) is 11.4. The van der Waals surface area contributed by atoms with Gasteiger partial charge in [0, 0.05) is 17.7 Å². The number of phenolic OH excluding ortho intramolecular Hbond substituents is 1. The molecule has 0 radical (unpaired) electrons. The van der Waals surface area contributed by atoms with Gasteiger partial charge in [-0.15, -0.1) is 0 Å². The van der Waals surface area contributed by atoms with E-state index in [9.17, 15) is 30.1 Å². The van der Waals surface area contributed by atoms with Crippen molar-refractivity contribution in [2.75, 3.05) is 0 Å². The molecule has 2 rings (SSSR count). The van der Waals surface area contributed by atoms with Crippen molar-refractivity contribution in [3.8, 4) is 5.75 Å². The minimum absolute atomic E-state index is 0.170. The molecule has 0 aliphatic carbocycles. The van der Waals surface area contributed by atoms with Crippen LogP contribution in [-0.2, 0) is 0 Å². The number of hydrazone groups is 1. The molecule has 10 heteroatoms. The van der Waals surface area contributed by atoms with Crippen molar-refractivity contribution in [3.05, 3.63) is 73.8 Å². The van der Waals surface area contributed by atoms with Gasteiger partial charge < -0.3 is 5.11 Å². The molecule has 2 N–H and O–H groups in total. The summed E-state index contributed by atoms with van der Waals surface area (Å²) in [5, 5.41) is 34.5. The van der Waals surface area contributed by atoms with E-state index in [1.165, 1.54) is 30.3 Å². The molecule has 2 aromatic carbocycles. The molecule has 2 aromatic rings. The van der Waals surface area contributed by atoms with Crippen LogP contribution in [0.15, 0.2) is 47.6 Å². The average Bonchev–Trinajstić information content (AvgIpc) is 2.56. The van der Waals surface area contributed by atoms with E-state index >= 15 is 0 Å². The standard InChI is InChI=1S/C14H10N4O6/c19-13-6-5-9(7-12(13)18(23)24)8-15-16-14(20)10-3-1-2-4-11(10)17(21)22/h1-8,19H,(H,16,20)/b15-8-. The molecule has 0 unspecified atom stereocenters. The Kier molecular flexibility index (Phi) is 4.80. The van der Waals surface area contributed by atoms with Crippen LogP contribution < -0.4 is 5.43 Å². The van der Waals surface area contributed by atoms with Crippen LogP contribution in [0.3, 0.4) is 0 Å². The van der Waals surface area contributed by atoms with Gasteiger partial charge in [-0.05, 0) is 18.2 Å². The fourth-order valence-electron chi connectivity index (χ4n) is 1.82. The smallest absolute Gasteiger partial charge is 0.311 e. The fourth-order valence-corrected chi connectivity index (χ4v) is 1.82.